The van der Waals surface area contributed by atoms with Gasteiger partial charge in [0.25, 0.3) is 0 Å². The summed E-state index contributed by atoms with van der Waals surface area (Å²) in [6.07, 6.45) is -13.4. The average Bonchev–Trinajstić information content (AvgIpc) is 2.57. The normalized spacial score (nSPS) is 13.2. The van der Waals surface area contributed by atoms with Crippen molar-refractivity contribution in [1.82, 2.24) is 0 Å². The molecule has 0 heterocycles. The van der Waals surface area contributed by atoms with Crippen LogP contribution in [0.2, 0.25) is 0 Å². The Balaban J connectivity index is 3.15. The van der Waals surface area contributed by atoms with Gasteiger partial charge in [0.15, 0.2) is 23.3 Å². The molecule has 0 saturated carbocycles. The summed E-state index contributed by atoms with van der Waals surface area (Å²) in [5.41, 5.74) is -13.5. The lowest BCUT2D eigenvalue weighted by Gasteiger charge is -2.33. The van der Waals surface area contributed by atoms with E-state index in [1.165, 1.54) is 0 Å². The molecule has 29 heavy (non-hydrogen) atoms. The Morgan fingerprint density at radius 2 is 0.931 bits per heavy atom. The molecule has 0 amide bonds. The molecule has 0 spiro atoms. The molecule has 0 aliphatic heterocycles. The highest BCUT2D eigenvalue weighted by atomic mass is 19.4. The third-order valence-electron chi connectivity index (χ3n) is 4.09. The zero-order valence-electron chi connectivity index (χ0n) is 14.2. The second kappa shape index (κ2) is 6.84. The minimum absolute atomic E-state index is 0.0125. The Bertz CT molecular complexity index is 925. The third kappa shape index (κ3) is 3.31. The summed E-state index contributed by atoms with van der Waals surface area (Å²) < 4.78 is 162. The van der Waals surface area contributed by atoms with Crippen LogP contribution in [0.4, 0.5) is 52.7 Å². The van der Waals surface area contributed by atoms with Gasteiger partial charge in [0.1, 0.15) is 0 Å². The van der Waals surface area contributed by atoms with Gasteiger partial charge in [0.2, 0.25) is 5.82 Å². The van der Waals surface area contributed by atoms with E-state index < -0.39 is 69.4 Å². The molecule has 2 aromatic carbocycles. The van der Waals surface area contributed by atoms with Crippen LogP contribution in [0.15, 0.2) is 12.1 Å². The molecular weight excluding hydrogens is 432 g/mol. The first-order valence-corrected chi connectivity index (χ1v) is 7.42. The minimum atomic E-state index is -6.68. The number of halogens is 12. The molecule has 0 aliphatic rings. The maximum Gasteiger partial charge on any atom is 0.435 e. The zero-order chi connectivity index (χ0) is 22.7. The van der Waals surface area contributed by atoms with Gasteiger partial charge in [-0.3, -0.25) is 0 Å². The number of hydrogen-bond donors (Lipinski definition) is 0. The molecule has 0 bridgehead atoms. The van der Waals surface area contributed by atoms with Crippen LogP contribution >= 0.6 is 0 Å². The summed E-state index contributed by atoms with van der Waals surface area (Å²) in [5, 5.41) is 0. The SMILES string of the molecule is Cc1cc(C)c(-c2c(F)c(F)c(F)c(F)c2F)c(C(F)(C(F)(F)F)C(F)(F)F)c1. The molecule has 0 nitrogen and oxygen atoms in total. The molecule has 0 N–H and O–H groups in total. The number of rotatable bonds is 2. The van der Waals surface area contributed by atoms with Gasteiger partial charge in [-0.2, -0.15) is 26.3 Å². The van der Waals surface area contributed by atoms with E-state index in [9.17, 15) is 52.7 Å². The Hall–Kier alpha value is -2.40. The molecule has 0 atom stereocenters. The van der Waals surface area contributed by atoms with Crippen molar-refractivity contribution in [3.05, 3.63) is 57.9 Å². The molecule has 2 rings (SSSR count). The van der Waals surface area contributed by atoms with E-state index in [2.05, 4.69) is 0 Å². The fraction of sp³-hybridized carbons (Fsp3) is 0.294. The monoisotopic (exact) mass is 440 g/mol. The van der Waals surface area contributed by atoms with Crippen LogP contribution in [0.5, 0.6) is 0 Å². The topological polar surface area (TPSA) is 0 Å². The highest BCUT2D eigenvalue weighted by molar-refractivity contribution is 5.74. The van der Waals surface area contributed by atoms with Gasteiger partial charge in [0, 0.05) is 5.56 Å². The fourth-order valence-electron chi connectivity index (χ4n) is 2.86. The van der Waals surface area contributed by atoms with E-state index in [1.807, 2.05) is 0 Å². The molecule has 0 unspecified atom stereocenters. The maximum atomic E-state index is 14.6. The summed E-state index contributed by atoms with van der Waals surface area (Å²) >= 11 is 0. The van der Waals surface area contributed by atoms with Crippen LogP contribution in [0.25, 0.3) is 11.1 Å². The van der Waals surface area contributed by atoms with Crippen molar-refractivity contribution < 1.29 is 52.7 Å². The first-order chi connectivity index (χ1) is 13.0. The second-order valence-corrected chi connectivity index (χ2v) is 6.10. The summed E-state index contributed by atoms with van der Waals surface area (Å²) in [4.78, 5) is 0. The van der Waals surface area contributed by atoms with Gasteiger partial charge in [-0.15, -0.1) is 0 Å². The number of hydrogen-bond acceptors (Lipinski definition) is 0. The zero-order valence-corrected chi connectivity index (χ0v) is 14.2. The van der Waals surface area contributed by atoms with E-state index in [-0.39, 0.29) is 11.6 Å². The lowest BCUT2D eigenvalue weighted by atomic mass is 9.83. The molecule has 0 aliphatic carbocycles. The van der Waals surface area contributed by atoms with Crippen molar-refractivity contribution in [2.24, 2.45) is 0 Å². The quantitative estimate of drug-likeness (QED) is 0.269. The Morgan fingerprint density at radius 3 is 1.31 bits per heavy atom. The smallest absolute Gasteiger partial charge is 0.218 e. The largest absolute Gasteiger partial charge is 0.435 e. The van der Waals surface area contributed by atoms with Crippen molar-refractivity contribution in [2.45, 2.75) is 31.9 Å². The first kappa shape index (κ1) is 22.9. The summed E-state index contributed by atoms with van der Waals surface area (Å²) in [7, 11) is 0. The average molecular weight is 440 g/mol. The van der Waals surface area contributed by atoms with Crippen LogP contribution in [0.3, 0.4) is 0 Å². The number of alkyl halides is 7. The molecule has 160 valence electrons. The summed E-state index contributed by atoms with van der Waals surface area (Å²) in [5.74, 6) is -13.3. The van der Waals surface area contributed by atoms with Crippen molar-refractivity contribution >= 4 is 0 Å². The van der Waals surface area contributed by atoms with Gasteiger partial charge >= 0.3 is 18.0 Å². The molecule has 2 aromatic rings. The first-order valence-electron chi connectivity index (χ1n) is 7.42. The van der Waals surface area contributed by atoms with E-state index in [0.717, 1.165) is 19.9 Å². The molecule has 0 aromatic heterocycles. The van der Waals surface area contributed by atoms with Crippen LogP contribution in [-0.2, 0) is 5.67 Å². The lowest BCUT2D eigenvalue weighted by Crippen LogP contribution is -2.50. The highest BCUT2D eigenvalue weighted by Gasteiger charge is 2.74. The fourth-order valence-corrected chi connectivity index (χ4v) is 2.86. The van der Waals surface area contributed by atoms with Crippen molar-refractivity contribution in [1.29, 1.82) is 0 Å². The summed E-state index contributed by atoms with van der Waals surface area (Å²) in [6, 6.07) is 0.783. The standard InChI is InChI=1S/C17H8F12/c1-5-3-6(2)8(9-10(18)12(20)14(22)13(21)11(9)19)7(4-5)15(23,16(24,25)26)17(27,28)29/h3-4H,1-2H3. The van der Waals surface area contributed by atoms with Crippen molar-refractivity contribution in [3.63, 3.8) is 0 Å². The van der Waals surface area contributed by atoms with Gasteiger partial charge in [-0.25, -0.2) is 26.3 Å². The molecule has 0 radical (unpaired) electrons. The van der Waals surface area contributed by atoms with E-state index in [0.29, 0.717) is 0 Å². The number of aryl methyl sites for hydroxylation is 2. The Labute approximate surface area is 154 Å². The van der Waals surface area contributed by atoms with Gasteiger partial charge < -0.3 is 0 Å². The second-order valence-electron chi connectivity index (χ2n) is 6.10. The minimum Gasteiger partial charge on any atom is -0.218 e. The maximum absolute atomic E-state index is 14.6. The molecule has 12 heteroatoms. The van der Waals surface area contributed by atoms with E-state index in [4.69, 9.17) is 0 Å². The molecular formula is C17H8F12. The highest BCUT2D eigenvalue weighted by Crippen LogP contribution is 2.56. The van der Waals surface area contributed by atoms with Crippen LogP contribution in [0.1, 0.15) is 16.7 Å². The van der Waals surface area contributed by atoms with Gasteiger partial charge in [-0.1, -0.05) is 17.7 Å². The predicted octanol–water partition coefficient (Wildman–Crippen LogP) is 6.96. The number of benzene rings is 2. The third-order valence-corrected chi connectivity index (χ3v) is 4.09. The van der Waals surface area contributed by atoms with E-state index >= 15 is 0 Å². The lowest BCUT2D eigenvalue weighted by molar-refractivity contribution is -0.348. The molecule has 0 fully saturated rings. The molecule has 0 saturated heterocycles. The Kier molecular flexibility index (Phi) is 5.40. The predicted molar refractivity (Wildman–Crippen MR) is 76.0 cm³/mol. The van der Waals surface area contributed by atoms with Crippen LogP contribution in [0, 0.1) is 42.9 Å². The van der Waals surface area contributed by atoms with Crippen LogP contribution < -0.4 is 0 Å². The van der Waals surface area contributed by atoms with Gasteiger partial charge in [0.05, 0.1) is 5.56 Å². The Morgan fingerprint density at radius 1 is 0.552 bits per heavy atom. The van der Waals surface area contributed by atoms with Crippen molar-refractivity contribution in [3.8, 4) is 11.1 Å². The van der Waals surface area contributed by atoms with Crippen molar-refractivity contribution in [2.75, 3.05) is 0 Å². The summed E-state index contributed by atoms with van der Waals surface area (Å²) in [6.45, 7) is 1.68. The van der Waals surface area contributed by atoms with Crippen LogP contribution in [-0.4, -0.2) is 12.4 Å². The van der Waals surface area contributed by atoms with E-state index in [1.54, 1.807) is 0 Å². The van der Waals surface area contributed by atoms with Gasteiger partial charge in [-0.05, 0) is 25.0 Å².